The Bertz CT molecular complexity index is 601. The molecule has 0 spiro atoms. The molecule has 0 unspecified atom stereocenters. The monoisotopic (exact) mass is 329 g/mol. The number of halogens is 1. The van der Waals surface area contributed by atoms with Crippen molar-refractivity contribution < 1.29 is 0 Å². The van der Waals surface area contributed by atoms with E-state index in [1.807, 2.05) is 20.8 Å². The van der Waals surface area contributed by atoms with Crippen molar-refractivity contribution in [3.63, 3.8) is 0 Å². The predicted molar refractivity (Wildman–Crippen MR) is 71.8 cm³/mol. The summed E-state index contributed by atoms with van der Waals surface area (Å²) in [6, 6.07) is 1.84. The van der Waals surface area contributed by atoms with Crippen molar-refractivity contribution in [1.82, 2.24) is 24.7 Å². The average molecular weight is 330 g/mol. The Morgan fingerprint density at radius 3 is 2.78 bits per heavy atom. The van der Waals surface area contributed by atoms with Crippen LogP contribution >= 0.6 is 27.7 Å². The molecule has 0 amide bonds. The molecule has 0 fully saturated rings. The maximum Gasteiger partial charge on any atom is 0.344 e. The average Bonchev–Trinajstić information content (AvgIpc) is 2.57. The molecule has 0 saturated carbocycles. The molecule has 0 aromatic carbocycles. The summed E-state index contributed by atoms with van der Waals surface area (Å²) in [5.74, 6) is 0.667. The molecular weight excluding hydrogens is 318 g/mol. The molecule has 2 aromatic rings. The quantitative estimate of drug-likeness (QED) is 0.873. The molecular formula is C10H12BrN5OS. The first-order valence-electron chi connectivity index (χ1n) is 5.33. The normalized spacial score (nSPS) is 11.2. The third kappa shape index (κ3) is 2.81. The van der Waals surface area contributed by atoms with Gasteiger partial charge < -0.3 is 0 Å². The van der Waals surface area contributed by atoms with Crippen molar-refractivity contribution in [2.45, 2.75) is 37.0 Å². The highest BCUT2D eigenvalue weighted by Crippen LogP contribution is 2.26. The van der Waals surface area contributed by atoms with Gasteiger partial charge in [-0.3, -0.25) is 4.57 Å². The molecule has 2 heterocycles. The fourth-order valence-corrected chi connectivity index (χ4v) is 3.11. The van der Waals surface area contributed by atoms with E-state index in [1.165, 1.54) is 11.8 Å². The van der Waals surface area contributed by atoms with Gasteiger partial charge in [-0.15, -0.1) is 5.10 Å². The predicted octanol–water partition coefficient (Wildman–Crippen LogP) is 2.16. The molecule has 0 radical (unpaired) electrons. The number of rotatable bonds is 3. The maximum atomic E-state index is 11.6. The number of nitrogens with one attached hydrogen (secondary N) is 1. The standard InChI is InChI=1S/C10H12BrN5OS/c1-5(2)16-9(17)14-15-10(16)18-8-4-7(11)12-6(3)13-8/h4-5H,1-3H3,(H,14,17). The number of H-pyrrole nitrogens is 1. The van der Waals surface area contributed by atoms with Gasteiger partial charge in [0, 0.05) is 12.1 Å². The lowest BCUT2D eigenvalue weighted by Crippen LogP contribution is -2.19. The molecule has 2 aromatic heterocycles. The molecule has 1 N–H and O–H groups in total. The molecule has 0 atom stereocenters. The minimum atomic E-state index is -0.211. The van der Waals surface area contributed by atoms with Crippen molar-refractivity contribution in [2.24, 2.45) is 0 Å². The van der Waals surface area contributed by atoms with Crippen molar-refractivity contribution >= 4 is 27.7 Å². The van der Waals surface area contributed by atoms with Crippen LogP contribution < -0.4 is 5.69 Å². The highest BCUT2D eigenvalue weighted by Gasteiger charge is 2.13. The van der Waals surface area contributed by atoms with E-state index in [1.54, 1.807) is 10.6 Å². The molecule has 6 nitrogen and oxygen atoms in total. The lowest BCUT2D eigenvalue weighted by Gasteiger charge is -2.08. The van der Waals surface area contributed by atoms with E-state index in [0.29, 0.717) is 15.6 Å². The van der Waals surface area contributed by atoms with Gasteiger partial charge in [0.2, 0.25) is 0 Å². The van der Waals surface area contributed by atoms with E-state index < -0.39 is 0 Å². The first-order chi connectivity index (χ1) is 8.47. The lowest BCUT2D eigenvalue weighted by molar-refractivity contribution is 0.534. The number of aromatic amines is 1. The van der Waals surface area contributed by atoms with Crippen molar-refractivity contribution in [1.29, 1.82) is 0 Å². The van der Waals surface area contributed by atoms with Crippen LogP contribution in [0, 0.1) is 6.92 Å². The molecule has 18 heavy (non-hydrogen) atoms. The van der Waals surface area contributed by atoms with Gasteiger partial charge in [0.15, 0.2) is 5.16 Å². The zero-order valence-corrected chi connectivity index (χ0v) is 12.5. The summed E-state index contributed by atoms with van der Waals surface area (Å²) < 4.78 is 2.31. The van der Waals surface area contributed by atoms with Crippen LogP contribution in [0.3, 0.4) is 0 Å². The van der Waals surface area contributed by atoms with E-state index in [0.717, 1.165) is 5.03 Å². The number of aryl methyl sites for hydroxylation is 1. The SMILES string of the molecule is Cc1nc(Br)cc(Sc2n[nH]c(=O)n2C(C)C)n1. The zero-order valence-electron chi connectivity index (χ0n) is 10.1. The van der Waals surface area contributed by atoms with Gasteiger partial charge >= 0.3 is 5.69 Å². The van der Waals surface area contributed by atoms with Crippen LogP contribution in [-0.4, -0.2) is 24.7 Å². The lowest BCUT2D eigenvalue weighted by atomic mass is 10.4. The van der Waals surface area contributed by atoms with Crippen LogP contribution in [0.25, 0.3) is 0 Å². The third-order valence-electron chi connectivity index (χ3n) is 2.17. The molecule has 2 rings (SSSR count). The molecule has 0 aliphatic rings. The van der Waals surface area contributed by atoms with E-state index in [9.17, 15) is 4.79 Å². The second-order valence-corrected chi connectivity index (χ2v) is 5.75. The van der Waals surface area contributed by atoms with Gasteiger partial charge in [-0.25, -0.2) is 19.9 Å². The number of hydrogen-bond acceptors (Lipinski definition) is 5. The van der Waals surface area contributed by atoms with Gasteiger partial charge in [-0.2, -0.15) is 0 Å². The number of aromatic nitrogens is 5. The van der Waals surface area contributed by atoms with E-state index in [-0.39, 0.29) is 11.7 Å². The summed E-state index contributed by atoms with van der Waals surface area (Å²) in [7, 11) is 0. The fraction of sp³-hybridized carbons (Fsp3) is 0.400. The molecule has 96 valence electrons. The van der Waals surface area contributed by atoms with Crippen LogP contribution in [0.15, 0.2) is 25.6 Å². The Kier molecular flexibility index (Phi) is 3.86. The van der Waals surface area contributed by atoms with Crippen LogP contribution in [-0.2, 0) is 0 Å². The Balaban J connectivity index is 2.37. The number of nitrogens with zero attached hydrogens (tertiary/aromatic N) is 4. The Morgan fingerprint density at radius 2 is 2.17 bits per heavy atom. The van der Waals surface area contributed by atoms with Crippen LogP contribution in [0.1, 0.15) is 25.7 Å². The van der Waals surface area contributed by atoms with Crippen molar-refractivity contribution in [3.8, 4) is 0 Å². The van der Waals surface area contributed by atoms with Crippen LogP contribution in [0.5, 0.6) is 0 Å². The van der Waals surface area contributed by atoms with Crippen LogP contribution in [0.2, 0.25) is 0 Å². The molecule has 0 bridgehead atoms. The number of hydrogen-bond donors (Lipinski definition) is 1. The first kappa shape index (κ1) is 13.3. The highest BCUT2D eigenvalue weighted by atomic mass is 79.9. The van der Waals surface area contributed by atoms with Gasteiger partial charge in [0.05, 0.1) is 0 Å². The summed E-state index contributed by atoms with van der Waals surface area (Å²) in [5, 5.41) is 7.80. The van der Waals surface area contributed by atoms with Gasteiger partial charge in [-0.1, -0.05) is 0 Å². The Morgan fingerprint density at radius 1 is 1.44 bits per heavy atom. The minimum Gasteiger partial charge on any atom is -0.267 e. The van der Waals surface area contributed by atoms with Crippen LogP contribution in [0.4, 0.5) is 0 Å². The summed E-state index contributed by atoms with van der Waals surface area (Å²) in [6.45, 7) is 5.68. The van der Waals surface area contributed by atoms with E-state index in [4.69, 9.17) is 0 Å². The summed E-state index contributed by atoms with van der Waals surface area (Å²) >= 11 is 4.65. The van der Waals surface area contributed by atoms with Crippen molar-refractivity contribution in [3.05, 3.63) is 27.0 Å². The largest absolute Gasteiger partial charge is 0.344 e. The van der Waals surface area contributed by atoms with Gasteiger partial charge in [0.25, 0.3) is 0 Å². The topological polar surface area (TPSA) is 76.5 Å². The fourth-order valence-electron chi connectivity index (χ4n) is 1.47. The van der Waals surface area contributed by atoms with Gasteiger partial charge in [-0.05, 0) is 48.5 Å². The Hall–Kier alpha value is -1.15. The minimum absolute atomic E-state index is 0.0464. The maximum absolute atomic E-state index is 11.6. The first-order valence-corrected chi connectivity index (χ1v) is 6.94. The molecule has 0 saturated heterocycles. The van der Waals surface area contributed by atoms with Crippen molar-refractivity contribution in [2.75, 3.05) is 0 Å². The molecule has 0 aliphatic heterocycles. The second-order valence-electron chi connectivity index (χ2n) is 3.95. The van der Waals surface area contributed by atoms with E-state index >= 15 is 0 Å². The zero-order chi connectivity index (χ0) is 13.3. The van der Waals surface area contributed by atoms with E-state index in [2.05, 4.69) is 36.1 Å². The second kappa shape index (κ2) is 5.23. The highest BCUT2D eigenvalue weighted by molar-refractivity contribution is 9.10. The summed E-state index contributed by atoms with van der Waals surface area (Å²) in [6.07, 6.45) is 0. The van der Waals surface area contributed by atoms with Gasteiger partial charge in [0.1, 0.15) is 15.5 Å². The summed E-state index contributed by atoms with van der Waals surface area (Å²) in [4.78, 5) is 20.0. The summed E-state index contributed by atoms with van der Waals surface area (Å²) in [5.41, 5.74) is -0.211. The third-order valence-corrected chi connectivity index (χ3v) is 3.46. The molecule has 0 aliphatic carbocycles. The molecule has 8 heteroatoms. The Labute approximate surface area is 116 Å². The smallest absolute Gasteiger partial charge is 0.267 e.